The molecule has 146 valence electrons. The standard InChI is InChI=1S/C19H26N6O.ClH/c1-24-22-17(21-23-24)15-3-5-16(6-4-15)18(26)25-13-2-7-19(10-14-25)8-11-20-12-9-19;/h3-6,20H,2,7-14H2,1H3;1H. The number of aryl methyl sites for hydroxylation is 1. The number of likely N-dealkylation sites (tertiary alicyclic amines) is 1. The quantitative estimate of drug-likeness (QED) is 0.851. The van der Waals surface area contributed by atoms with E-state index < -0.39 is 0 Å². The smallest absolute Gasteiger partial charge is 0.253 e. The summed E-state index contributed by atoms with van der Waals surface area (Å²) in [6, 6.07) is 7.55. The first-order chi connectivity index (χ1) is 12.7. The summed E-state index contributed by atoms with van der Waals surface area (Å²) in [6.07, 6.45) is 5.97. The minimum absolute atomic E-state index is 0. The molecule has 2 aliphatic heterocycles. The van der Waals surface area contributed by atoms with Gasteiger partial charge in [-0.2, -0.15) is 4.80 Å². The molecular formula is C19H27ClN6O. The number of carbonyl (C=O) groups is 1. The summed E-state index contributed by atoms with van der Waals surface area (Å²) in [4.78, 5) is 16.4. The average molecular weight is 391 g/mol. The van der Waals surface area contributed by atoms with E-state index in [9.17, 15) is 4.79 Å². The van der Waals surface area contributed by atoms with Crippen molar-refractivity contribution in [3.63, 3.8) is 0 Å². The highest BCUT2D eigenvalue weighted by Crippen LogP contribution is 2.39. The summed E-state index contributed by atoms with van der Waals surface area (Å²) >= 11 is 0. The van der Waals surface area contributed by atoms with E-state index in [-0.39, 0.29) is 18.3 Å². The van der Waals surface area contributed by atoms with Crippen molar-refractivity contribution in [1.82, 2.24) is 30.4 Å². The topological polar surface area (TPSA) is 75.9 Å². The predicted octanol–water partition coefficient (Wildman–Crippen LogP) is 2.29. The van der Waals surface area contributed by atoms with Gasteiger partial charge in [0.05, 0.1) is 7.05 Å². The van der Waals surface area contributed by atoms with Crippen LogP contribution in [-0.2, 0) is 7.05 Å². The Kier molecular flexibility index (Phi) is 6.11. The number of benzene rings is 1. The van der Waals surface area contributed by atoms with E-state index in [0.29, 0.717) is 11.2 Å². The van der Waals surface area contributed by atoms with Gasteiger partial charge < -0.3 is 10.2 Å². The maximum Gasteiger partial charge on any atom is 0.253 e. The van der Waals surface area contributed by atoms with E-state index >= 15 is 0 Å². The fourth-order valence-electron chi connectivity index (χ4n) is 4.26. The maximum atomic E-state index is 12.9. The van der Waals surface area contributed by atoms with Gasteiger partial charge in [-0.3, -0.25) is 4.79 Å². The van der Waals surface area contributed by atoms with Crippen LogP contribution in [0.4, 0.5) is 0 Å². The average Bonchev–Trinajstić information content (AvgIpc) is 3.01. The first-order valence-electron chi connectivity index (χ1n) is 9.50. The molecular weight excluding hydrogens is 364 g/mol. The summed E-state index contributed by atoms with van der Waals surface area (Å²) in [7, 11) is 1.74. The molecule has 0 bridgehead atoms. The monoisotopic (exact) mass is 390 g/mol. The molecule has 0 radical (unpaired) electrons. The highest BCUT2D eigenvalue weighted by Gasteiger charge is 2.34. The molecule has 0 unspecified atom stereocenters. The largest absolute Gasteiger partial charge is 0.339 e. The van der Waals surface area contributed by atoms with Crippen LogP contribution in [0.1, 0.15) is 42.5 Å². The Morgan fingerprint density at radius 1 is 1.07 bits per heavy atom. The van der Waals surface area contributed by atoms with Crippen LogP contribution in [0.3, 0.4) is 0 Å². The highest BCUT2D eigenvalue weighted by atomic mass is 35.5. The molecule has 2 saturated heterocycles. The molecule has 0 atom stereocenters. The fraction of sp³-hybridized carbons (Fsp3) is 0.579. The van der Waals surface area contributed by atoms with Crippen molar-refractivity contribution >= 4 is 18.3 Å². The Morgan fingerprint density at radius 2 is 1.81 bits per heavy atom. The molecule has 4 rings (SSSR count). The van der Waals surface area contributed by atoms with Crippen LogP contribution in [0.2, 0.25) is 0 Å². The first-order valence-corrected chi connectivity index (χ1v) is 9.50. The first kappa shape index (κ1) is 19.8. The Bertz CT molecular complexity index is 769. The molecule has 27 heavy (non-hydrogen) atoms. The van der Waals surface area contributed by atoms with E-state index in [1.165, 1.54) is 24.1 Å². The van der Waals surface area contributed by atoms with Crippen molar-refractivity contribution in [2.75, 3.05) is 26.2 Å². The Labute approximate surface area is 165 Å². The number of aromatic nitrogens is 4. The summed E-state index contributed by atoms with van der Waals surface area (Å²) in [5, 5.41) is 15.5. The summed E-state index contributed by atoms with van der Waals surface area (Å²) < 4.78 is 0. The number of carbonyl (C=O) groups excluding carboxylic acids is 1. The number of nitrogens with one attached hydrogen (secondary N) is 1. The van der Waals surface area contributed by atoms with Crippen molar-refractivity contribution < 1.29 is 4.79 Å². The van der Waals surface area contributed by atoms with E-state index in [1.807, 2.05) is 29.2 Å². The van der Waals surface area contributed by atoms with Crippen LogP contribution in [0, 0.1) is 5.41 Å². The van der Waals surface area contributed by atoms with Gasteiger partial charge in [0.2, 0.25) is 5.82 Å². The van der Waals surface area contributed by atoms with E-state index in [1.54, 1.807) is 7.05 Å². The van der Waals surface area contributed by atoms with Gasteiger partial charge in [-0.25, -0.2) is 0 Å². The number of rotatable bonds is 2. The van der Waals surface area contributed by atoms with Gasteiger partial charge in [0.1, 0.15) is 0 Å². The van der Waals surface area contributed by atoms with Gasteiger partial charge >= 0.3 is 0 Å². The lowest BCUT2D eigenvalue weighted by Crippen LogP contribution is -2.38. The number of hydrogen-bond acceptors (Lipinski definition) is 5. The molecule has 1 N–H and O–H groups in total. The summed E-state index contributed by atoms with van der Waals surface area (Å²) in [5.74, 6) is 0.712. The molecule has 2 aromatic rings. The van der Waals surface area contributed by atoms with Crippen molar-refractivity contribution in [2.45, 2.75) is 32.1 Å². The third-order valence-corrected chi connectivity index (χ3v) is 5.90. The normalized spacial score (nSPS) is 19.4. The van der Waals surface area contributed by atoms with Gasteiger partial charge in [-0.15, -0.1) is 22.6 Å². The third-order valence-electron chi connectivity index (χ3n) is 5.90. The third kappa shape index (κ3) is 4.30. The molecule has 3 heterocycles. The SMILES string of the molecule is Cl.Cn1nnc(-c2ccc(C(=O)N3CCCC4(CCNCC4)CC3)cc2)n1. The molecule has 0 aliphatic carbocycles. The minimum atomic E-state index is 0. The second kappa shape index (κ2) is 8.35. The van der Waals surface area contributed by atoms with E-state index in [2.05, 4.69) is 20.7 Å². The zero-order valence-corrected chi connectivity index (χ0v) is 16.5. The minimum Gasteiger partial charge on any atom is -0.339 e. The van der Waals surface area contributed by atoms with Gasteiger partial charge in [-0.05, 0) is 68.0 Å². The summed E-state index contributed by atoms with van der Waals surface area (Å²) in [5.41, 5.74) is 2.06. The van der Waals surface area contributed by atoms with Gasteiger partial charge in [0.15, 0.2) is 0 Å². The second-order valence-electron chi connectivity index (χ2n) is 7.58. The fourth-order valence-corrected chi connectivity index (χ4v) is 4.26. The number of piperidine rings is 1. The molecule has 1 aromatic heterocycles. The molecule has 1 spiro atoms. The maximum absolute atomic E-state index is 12.9. The second-order valence-corrected chi connectivity index (χ2v) is 7.58. The van der Waals surface area contributed by atoms with Crippen molar-refractivity contribution in [2.24, 2.45) is 12.5 Å². The molecule has 0 saturated carbocycles. The van der Waals surface area contributed by atoms with Crippen LogP contribution < -0.4 is 5.32 Å². The van der Waals surface area contributed by atoms with Crippen LogP contribution >= 0.6 is 12.4 Å². The number of tetrazole rings is 1. The Morgan fingerprint density at radius 3 is 2.48 bits per heavy atom. The van der Waals surface area contributed by atoms with E-state index in [4.69, 9.17) is 0 Å². The van der Waals surface area contributed by atoms with Crippen LogP contribution in [-0.4, -0.2) is 57.2 Å². The zero-order valence-electron chi connectivity index (χ0n) is 15.7. The predicted molar refractivity (Wildman–Crippen MR) is 106 cm³/mol. The zero-order chi connectivity index (χ0) is 18.0. The number of hydrogen-bond donors (Lipinski definition) is 1. The van der Waals surface area contributed by atoms with E-state index in [0.717, 1.165) is 50.1 Å². The van der Waals surface area contributed by atoms with Gasteiger partial charge in [-0.1, -0.05) is 12.1 Å². The highest BCUT2D eigenvalue weighted by molar-refractivity contribution is 5.94. The van der Waals surface area contributed by atoms with Crippen LogP contribution in [0.5, 0.6) is 0 Å². The number of nitrogens with zero attached hydrogens (tertiary/aromatic N) is 5. The van der Waals surface area contributed by atoms with Gasteiger partial charge in [0, 0.05) is 24.2 Å². The number of halogens is 1. The van der Waals surface area contributed by atoms with Crippen molar-refractivity contribution in [3.8, 4) is 11.4 Å². The van der Waals surface area contributed by atoms with Gasteiger partial charge in [0.25, 0.3) is 5.91 Å². The molecule has 1 aromatic carbocycles. The lowest BCUT2D eigenvalue weighted by molar-refractivity contribution is 0.0750. The lowest BCUT2D eigenvalue weighted by atomic mass is 9.73. The Balaban J connectivity index is 0.00000210. The Hall–Kier alpha value is -1.99. The molecule has 8 heteroatoms. The molecule has 2 fully saturated rings. The molecule has 7 nitrogen and oxygen atoms in total. The van der Waals surface area contributed by atoms with Crippen LogP contribution in [0.25, 0.3) is 11.4 Å². The van der Waals surface area contributed by atoms with Crippen molar-refractivity contribution in [1.29, 1.82) is 0 Å². The molecule has 1 amide bonds. The summed E-state index contributed by atoms with van der Waals surface area (Å²) in [6.45, 7) is 3.96. The lowest BCUT2D eigenvalue weighted by Gasteiger charge is -2.37. The van der Waals surface area contributed by atoms with Crippen LogP contribution in [0.15, 0.2) is 24.3 Å². The number of amides is 1. The van der Waals surface area contributed by atoms with Crippen molar-refractivity contribution in [3.05, 3.63) is 29.8 Å². The molecule has 2 aliphatic rings.